The standard InChI is InChI=1S/C12H17NS/c1-8-6-10(3)11(7-9(8)2)12-13-4-5-14-12/h6-7,12-13H,4-5H2,1-3H3. The Bertz CT molecular complexity index is 340. The van der Waals surface area contributed by atoms with Crippen molar-refractivity contribution in [3.05, 3.63) is 34.4 Å². The number of nitrogens with one attached hydrogen (secondary N) is 1. The zero-order valence-corrected chi connectivity index (χ0v) is 9.87. The van der Waals surface area contributed by atoms with Crippen LogP contribution in [0.4, 0.5) is 0 Å². The highest BCUT2D eigenvalue weighted by Crippen LogP contribution is 2.33. The van der Waals surface area contributed by atoms with Crippen LogP contribution in [0, 0.1) is 20.8 Å². The fourth-order valence-electron chi connectivity index (χ4n) is 1.89. The van der Waals surface area contributed by atoms with Gasteiger partial charge in [-0.05, 0) is 43.0 Å². The summed E-state index contributed by atoms with van der Waals surface area (Å²) in [4.78, 5) is 0. The van der Waals surface area contributed by atoms with Gasteiger partial charge in [0, 0.05) is 12.3 Å². The summed E-state index contributed by atoms with van der Waals surface area (Å²) in [6.07, 6.45) is 0. The summed E-state index contributed by atoms with van der Waals surface area (Å²) in [7, 11) is 0. The monoisotopic (exact) mass is 207 g/mol. The molecular formula is C12H17NS. The lowest BCUT2D eigenvalue weighted by atomic mass is 10.0. The van der Waals surface area contributed by atoms with Crippen molar-refractivity contribution in [2.45, 2.75) is 26.1 Å². The van der Waals surface area contributed by atoms with E-state index >= 15 is 0 Å². The number of hydrogen-bond donors (Lipinski definition) is 1. The Balaban J connectivity index is 2.37. The molecule has 1 nitrogen and oxygen atoms in total. The Hall–Kier alpha value is -0.470. The largest absolute Gasteiger partial charge is 0.301 e. The zero-order valence-electron chi connectivity index (χ0n) is 9.05. The lowest BCUT2D eigenvalue weighted by Gasteiger charge is -2.15. The summed E-state index contributed by atoms with van der Waals surface area (Å²) in [5, 5.41) is 4.05. The Morgan fingerprint density at radius 2 is 1.86 bits per heavy atom. The number of rotatable bonds is 1. The van der Waals surface area contributed by atoms with E-state index in [4.69, 9.17) is 0 Å². The van der Waals surface area contributed by atoms with Crippen LogP contribution in [0.2, 0.25) is 0 Å². The maximum absolute atomic E-state index is 3.52. The smallest absolute Gasteiger partial charge is 0.0792 e. The van der Waals surface area contributed by atoms with Crippen LogP contribution >= 0.6 is 11.8 Å². The highest BCUT2D eigenvalue weighted by atomic mass is 32.2. The molecule has 1 saturated heterocycles. The number of aryl methyl sites for hydroxylation is 3. The molecule has 1 aromatic rings. The van der Waals surface area contributed by atoms with Crippen molar-refractivity contribution in [2.75, 3.05) is 12.3 Å². The maximum atomic E-state index is 3.52. The minimum atomic E-state index is 0.522. The molecule has 2 rings (SSSR count). The van der Waals surface area contributed by atoms with Gasteiger partial charge in [0.25, 0.3) is 0 Å². The van der Waals surface area contributed by atoms with Crippen LogP contribution in [-0.4, -0.2) is 12.3 Å². The van der Waals surface area contributed by atoms with E-state index < -0.39 is 0 Å². The summed E-state index contributed by atoms with van der Waals surface area (Å²) in [6.45, 7) is 7.73. The molecule has 76 valence electrons. The molecule has 0 radical (unpaired) electrons. The normalized spacial score (nSPS) is 21.5. The van der Waals surface area contributed by atoms with Gasteiger partial charge in [-0.25, -0.2) is 0 Å². The molecule has 1 fully saturated rings. The van der Waals surface area contributed by atoms with Gasteiger partial charge in [0.15, 0.2) is 0 Å². The second-order valence-corrected chi connectivity index (χ2v) is 5.21. The zero-order chi connectivity index (χ0) is 10.1. The van der Waals surface area contributed by atoms with Crippen LogP contribution < -0.4 is 5.32 Å². The van der Waals surface area contributed by atoms with Crippen LogP contribution in [0.3, 0.4) is 0 Å². The van der Waals surface area contributed by atoms with Crippen LogP contribution in [0.15, 0.2) is 12.1 Å². The molecule has 0 bridgehead atoms. The van der Waals surface area contributed by atoms with Crippen molar-refractivity contribution < 1.29 is 0 Å². The molecule has 2 heteroatoms. The predicted molar refractivity (Wildman–Crippen MR) is 63.9 cm³/mol. The SMILES string of the molecule is Cc1cc(C)c(C2NCCS2)cc1C. The average Bonchev–Trinajstić information content (AvgIpc) is 2.64. The van der Waals surface area contributed by atoms with Crippen LogP contribution in [0.25, 0.3) is 0 Å². The first kappa shape index (κ1) is 10.1. The summed E-state index contributed by atoms with van der Waals surface area (Å²) < 4.78 is 0. The molecule has 0 spiro atoms. The van der Waals surface area contributed by atoms with Crippen molar-refractivity contribution >= 4 is 11.8 Å². The lowest BCUT2D eigenvalue weighted by molar-refractivity contribution is 0.746. The van der Waals surface area contributed by atoms with E-state index in [0.29, 0.717) is 5.37 Å². The molecule has 1 aromatic carbocycles. The second-order valence-electron chi connectivity index (χ2n) is 4.00. The fourth-order valence-corrected chi connectivity index (χ4v) is 3.03. The van der Waals surface area contributed by atoms with E-state index in [1.165, 1.54) is 28.0 Å². The first-order valence-electron chi connectivity index (χ1n) is 5.11. The third-order valence-corrected chi connectivity index (χ3v) is 4.07. The number of thioether (sulfide) groups is 1. The van der Waals surface area contributed by atoms with E-state index in [1.54, 1.807) is 0 Å². The first-order chi connectivity index (χ1) is 6.68. The Morgan fingerprint density at radius 3 is 2.50 bits per heavy atom. The van der Waals surface area contributed by atoms with Crippen LogP contribution in [-0.2, 0) is 0 Å². The second kappa shape index (κ2) is 3.95. The number of hydrogen-bond acceptors (Lipinski definition) is 2. The molecular weight excluding hydrogens is 190 g/mol. The van der Waals surface area contributed by atoms with Crippen LogP contribution in [0.5, 0.6) is 0 Å². The average molecular weight is 207 g/mol. The number of benzene rings is 1. The summed E-state index contributed by atoms with van der Waals surface area (Å²) in [6, 6.07) is 4.63. The fraction of sp³-hybridized carbons (Fsp3) is 0.500. The van der Waals surface area contributed by atoms with E-state index in [0.717, 1.165) is 6.54 Å². The predicted octanol–water partition coefficient (Wildman–Crippen LogP) is 2.95. The summed E-state index contributed by atoms with van der Waals surface area (Å²) in [5.74, 6) is 1.23. The van der Waals surface area contributed by atoms with Crippen molar-refractivity contribution in [2.24, 2.45) is 0 Å². The summed E-state index contributed by atoms with van der Waals surface area (Å²) in [5.41, 5.74) is 5.68. The molecule has 1 aliphatic rings. The molecule has 1 unspecified atom stereocenters. The van der Waals surface area contributed by atoms with E-state index in [2.05, 4.69) is 38.2 Å². The van der Waals surface area contributed by atoms with Gasteiger partial charge in [-0.1, -0.05) is 12.1 Å². The third-order valence-electron chi connectivity index (χ3n) is 2.88. The van der Waals surface area contributed by atoms with E-state index in [9.17, 15) is 0 Å². The van der Waals surface area contributed by atoms with Crippen molar-refractivity contribution in [3.63, 3.8) is 0 Å². The van der Waals surface area contributed by atoms with E-state index in [-0.39, 0.29) is 0 Å². The highest BCUT2D eigenvalue weighted by molar-refractivity contribution is 7.99. The Morgan fingerprint density at radius 1 is 1.14 bits per heavy atom. The minimum Gasteiger partial charge on any atom is -0.301 e. The van der Waals surface area contributed by atoms with Gasteiger partial charge in [0.05, 0.1) is 5.37 Å². The van der Waals surface area contributed by atoms with Gasteiger partial charge in [0.2, 0.25) is 0 Å². The van der Waals surface area contributed by atoms with Gasteiger partial charge < -0.3 is 5.32 Å². The van der Waals surface area contributed by atoms with Crippen molar-refractivity contribution in [1.29, 1.82) is 0 Å². The Kier molecular flexibility index (Phi) is 2.84. The molecule has 1 aliphatic heterocycles. The molecule has 0 aromatic heterocycles. The van der Waals surface area contributed by atoms with E-state index in [1.807, 2.05) is 11.8 Å². The highest BCUT2D eigenvalue weighted by Gasteiger charge is 2.18. The molecule has 0 amide bonds. The maximum Gasteiger partial charge on any atom is 0.0792 e. The van der Waals surface area contributed by atoms with Crippen molar-refractivity contribution in [1.82, 2.24) is 5.32 Å². The van der Waals surface area contributed by atoms with Gasteiger partial charge in [-0.2, -0.15) is 0 Å². The van der Waals surface area contributed by atoms with Gasteiger partial charge in [0.1, 0.15) is 0 Å². The van der Waals surface area contributed by atoms with Gasteiger partial charge in [-0.15, -0.1) is 11.8 Å². The molecule has 1 heterocycles. The molecule has 14 heavy (non-hydrogen) atoms. The Labute approximate surface area is 90.3 Å². The summed E-state index contributed by atoms with van der Waals surface area (Å²) >= 11 is 2.01. The molecule has 0 saturated carbocycles. The minimum absolute atomic E-state index is 0.522. The van der Waals surface area contributed by atoms with Gasteiger partial charge >= 0.3 is 0 Å². The molecule has 1 atom stereocenters. The quantitative estimate of drug-likeness (QED) is 0.760. The van der Waals surface area contributed by atoms with Crippen LogP contribution in [0.1, 0.15) is 27.6 Å². The third kappa shape index (κ3) is 1.82. The molecule has 0 aliphatic carbocycles. The lowest BCUT2D eigenvalue weighted by Crippen LogP contribution is -2.13. The first-order valence-corrected chi connectivity index (χ1v) is 6.16. The van der Waals surface area contributed by atoms with Gasteiger partial charge in [-0.3, -0.25) is 0 Å². The topological polar surface area (TPSA) is 12.0 Å². The van der Waals surface area contributed by atoms with Crippen molar-refractivity contribution in [3.8, 4) is 0 Å². The molecule has 1 N–H and O–H groups in total.